The molecule has 3 rings (SSSR count). The molecule has 19 heavy (non-hydrogen) atoms. The summed E-state index contributed by atoms with van der Waals surface area (Å²) in [6.45, 7) is 2.04. The van der Waals surface area contributed by atoms with Crippen molar-refractivity contribution in [3.63, 3.8) is 0 Å². The molecule has 1 aliphatic rings. The minimum atomic E-state index is -0.283. The van der Waals surface area contributed by atoms with Crippen molar-refractivity contribution in [3.05, 3.63) is 33.8 Å². The van der Waals surface area contributed by atoms with Gasteiger partial charge >= 0.3 is 0 Å². The molecule has 98 valence electrons. The molecule has 5 nitrogen and oxygen atoms in total. The third kappa shape index (κ3) is 2.36. The number of ether oxygens (including phenoxy) is 2. The zero-order chi connectivity index (χ0) is 13.4. The van der Waals surface area contributed by atoms with E-state index in [1.807, 2.05) is 6.92 Å². The highest BCUT2D eigenvalue weighted by Gasteiger charge is 2.21. The third-order valence-electron chi connectivity index (χ3n) is 2.53. The van der Waals surface area contributed by atoms with Crippen molar-refractivity contribution in [1.82, 2.24) is 4.98 Å². The molecule has 0 radical (unpaired) electrons. The maximum atomic E-state index is 12.1. The molecule has 0 saturated carbocycles. The number of fused-ring (bicyclic) bond motifs is 1. The van der Waals surface area contributed by atoms with Gasteiger partial charge in [-0.15, -0.1) is 11.3 Å². The summed E-state index contributed by atoms with van der Waals surface area (Å²) in [4.78, 5) is 17.2. The molecule has 1 aromatic carbocycles. The number of carbonyl (C=O) groups is 1. The number of hydrogen-bond acceptors (Lipinski definition) is 5. The Balaban J connectivity index is 1.86. The third-order valence-corrected chi connectivity index (χ3v) is 3.64. The lowest BCUT2D eigenvalue weighted by Gasteiger charge is -2.04. The van der Waals surface area contributed by atoms with Crippen LogP contribution in [0.1, 0.15) is 15.2 Å². The Morgan fingerprint density at radius 3 is 3.05 bits per heavy atom. The van der Waals surface area contributed by atoms with Gasteiger partial charge in [0.1, 0.15) is 0 Å². The lowest BCUT2D eigenvalue weighted by Crippen LogP contribution is -2.11. The first-order chi connectivity index (χ1) is 9.13. The fourth-order valence-corrected chi connectivity index (χ4v) is 2.61. The van der Waals surface area contributed by atoms with E-state index in [1.54, 1.807) is 18.3 Å². The van der Waals surface area contributed by atoms with Gasteiger partial charge in [0.15, 0.2) is 16.6 Å². The first-order valence-electron chi connectivity index (χ1n) is 5.46. The highest BCUT2D eigenvalue weighted by molar-refractivity contribution is 7.15. The van der Waals surface area contributed by atoms with Gasteiger partial charge in [0, 0.05) is 16.6 Å². The lowest BCUT2D eigenvalue weighted by molar-refractivity contribution is 0.102. The van der Waals surface area contributed by atoms with Gasteiger partial charge in [-0.2, -0.15) is 0 Å². The standard InChI is InChI=1S/C12H9ClN2O3S/c1-6-4-14-12(19-6)15-11(16)7-2-8(13)10-9(3-7)17-5-18-10/h2-4H,5H2,1H3,(H,14,15,16). The van der Waals surface area contributed by atoms with Gasteiger partial charge in [-0.25, -0.2) is 4.98 Å². The van der Waals surface area contributed by atoms with Crippen LogP contribution < -0.4 is 14.8 Å². The van der Waals surface area contributed by atoms with E-state index in [2.05, 4.69) is 10.3 Å². The molecule has 1 amide bonds. The number of thiazole rings is 1. The van der Waals surface area contributed by atoms with Crippen LogP contribution in [0.3, 0.4) is 0 Å². The maximum absolute atomic E-state index is 12.1. The molecule has 0 bridgehead atoms. The summed E-state index contributed by atoms with van der Waals surface area (Å²) < 4.78 is 10.4. The Morgan fingerprint density at radius 1 is 1.47 bits per heavy atom. The largest absolute Gasteiger partial charge is 0.454 e. The smallest absolute Gasteiger partial charge is 0.257 e. The average Bonchev–Trinajstić information content (AvgIpc) is 2.98. The van der Waals surface area contributed by atoms with Crippen LogP contribution in [0.25, 0.3) is 0 Å². The zero-order valence-corrected chi connectivity index (χ0v) is 11.5. The highest BCUT2D eigenvalue weighted by Crippen LogP contribution is 2.39. The fourth-order valence-electron chi connectivity index (χ4n) is 1.68. The molecule has 1 N–H and O–H groups in total. The summed E-state index contributed by atoms with van der Waals surface area (Å²) in [7, 11) is 0. The second kappa shape index (κ2) is 4.71. The van der Waals surface area contributed by atoms with Crippen LogP contribution in [-0.4, -0.2) is 17.7 Å². The van der Waals surface area contributed by atoms with E-state index < -0.39 is 0 Å². The number of carbonyl (C=O) groups excluding carboxylic acids is 1. The van der Waals surface area contributed by atoms with Crippen LogP contribution in [0.2, 0.25) is 5.02 Å². The van der Waals surface area contributed by atoms with Crippen molar-refractivity contribution in [3.8, 4) is 11.5 Å². The summed E-state index contributed by atoms with van der Waals surface area (Å²) in [5, 5.41) is 3.62. The van der Waals surface area contributed by atoms with E-state index in [9.17, 15) is 4.79 Å². The second-order valence-corrected chi connectivity index (χ2v) is 5.56. The van der Waals surface area contributed by atoms with Crippen LogP contribution in [0.5, 0.6) is 11.5 Å². The van der Waals surface area contributed by atoms with E-state index in [1.165, 1.54) is 11.3 Å². The van der Waals surface area contributed by atoms with E-state index in [-0.39, 0.29) is 12.7 Å². The van der Waals surface area contributed by atoms with Crippen molar-refractivity contribution >= 4 is 34.0 Å². The number of benzene rings is 1. The lowest BCUT2D eigenvalue weighted by atomic mass is 10.2. The number of hydrogen-bond donors (Lipinski definition) is 1. The predicted octanol–water partition coefficient (Wildman–Crippen LogP) is 3.09. The van der Waals surface area contributed by atoms with Gasteiger partial charge in [0.05, 0.1) is 5.02 Å². The minimum Gasteiger partial charge on any atom is -0.454 e. The van der Waals surface area contributed by atoms with Crippen molar-refractivity contribution < 1.29 is 14.3 Å². The van der Waals surface area contributed by atoms with Crippen molar-refractivity contribution in [2.45, 2.75) is 6.92 Å². The SMILES string of the molecule is Cc1cnc(NC(=O)c2cc(Cl)c3c(c2)OCO3)s1. The van der Waals surface area contributed by atoms with Crippen molar-refractivity contribution in [2.24, 2.45) is 0 Å². The Morgan fingerprint density at radius 2 is 2.32 bits per heavy atom. The quantitative estimate of drug-likeness (QED) is 0.925. The van der Waals surface area contributed by atoms with E-state index >= 15 is 0 Å². The van der Waals surface area contributed by atoms with Crippen LogP contribution in [-0.2, 0) is 0 Å². The van der Waals surface area contributed by atoms with Gasteiger partial charge in [-0.3, -0.25) is 10.1 Å². The Kier molecular flexibility index (Phi) is 3.04. The number of amides is 1. The minimum absolute atomic E-state index is 0.117. The number of nitrogens with one attached hydrogen (secondary N) is 1. The molecule has 1 aliphatic heterocycles. The second-order valence-electron chi connectivity index (χ2n) is 3.92. The van der Waals surface area contributed by atoms with Crippen LogP contribution in [0, 0.1) is 6.92 Å². The molecule has 0 atom stereocenters. The number of anilines is 1. The molecule has 0 aliphatic carbocycles. The number of rotatable bonds is 2. The summed E-state index contributed by atoms with van der Waals surface area (Å²) in [5.41, 5.74) is 0.405. The number of nitrogens with zero attached hydrogens (tertiary/aromatic N) is 1. The van der Waals surface area contributed by atoms with Crippen LogP contribution >= 0.6 is 22.9 Å². The molecule has 2 aromatic rings. The van der Waals surface area contributed by atoms with Gasteiger partial charge in [-0.05, 0) is 19.1 Å². The first kappa shape index (κ1) is 12.3. The fraction of sp³-hybridized carbons (Fsp3) is 0.167. The first-order valence-corrected chi connectivity index (χ1v) is 6.66. The van der Waals surface area contributed by atoms with E-state index in [4.69, 9.17) is 21.1 Å². The predicted molar refractivity (Wildman–Crippen MR) is 72.4 cm³/mol. The summed E-state index contributed by atoms with van der Waals surface area (Å²) in [5.74, 6) is 0.672. The Bertz CT molecular complexity index is 656. The van der Waals surface area contributed by atoms with Gasteiger partial charge in [0.2, 0.25) is 6.79 Å². The zero-order valence-electron chi connectivity index (χ0n) is 9.90. The van der Waals surface area contributed by atoms with E-state index in [0.717, 1.165) is 4.88 Å². The average molecular weight is 297 g/mol. The number of aromatic nitrogens is 1. The van der Waals surface area contributed by atoms with Crippen LogP contribution in [0.15, 0.2) is 18.3 Å². The molecular weight excluding hydrogens is 288 g/mol. The van der Waals surface area contributed by atoms with Gasteiger partial charge in [0.25, 0.3) is 5.91 Å². The highest BCUT2D eigenvalue weighted by atomic mass is 35.5. The Hall–Kier alpha value is -1.79. The molecule has 0 spiro atoms. The number of halogens is 1. The monoisotopic (exact) mass is 296 g/mol. The van der Waals surface area contributed by atoms with Gasteiger partial charge < -0.3 is 9.47 Å². The number of aryl methyl sites for hydroxylation is 1. The van der Waals surface area contributed by atoms with Gasteiger partial charge in [-0.1, -0.05) is 11.6 Å². The molecule has 1 aromatic heterocycles. The van der Waals surface area contributed by atoms with Crippen molar-refractivity contribution in [2.75, 3.05) is 12.1 Å². The molecule has 7 heteroatoms. The summed E-state index contributed by atoms with van der Waals surface area (Å²) >= 11 is 7.44. The molecule has 2 heterocycles. The van der Waals surface area contributed by atoms with Crippen molar-refractivity contribution in [1.29, 1.82) is 0 Å². The normalized spacial score (nSPS) is 12.5. The van der Waals surface area contributed by atoms with E-state index in [0.29, 0.717) is 27.2 Å². The molecular formula is C12H9ClN2O3S. The maximum Gasteiger partial charge on any atom is 0.257 e. The molecule has 0 unspecified atom stereocenters. The summed E-state index contributed by atoms with van der Waals surface area (Å²) in [6, 6.07) is 3.15. The molecule has 0 fully saturated rings. The van der Waals surface area contributed by atoms with Crippen LogP contribution in [0.4, 0.5) is 5.13 Å². The Labute approximate surface area is 118 Å². The molecule has 0 saturated heterocycles. The topological polar surface area (TPSA) is 60.5 Å². The summed E-state index contributed by atoms with van der Waals surface area (Å²) in [6.07, 6.45) is 1.70.